The van der Waals surface area contributed by atoms with E-state index in [2.05, 4.69) is 26.5 Å². The van der Waals surface area contributed by atoms with Crippen LogP contribution in [0, 0.1) is 18.3 Å². The van der Waals surface area contributed by atoms with Crippen LogP contribution in [0.4, 0.5) is 0 Å². The molecule has 12 heteroatoms. The Morgan fingerprint density at radius 1 is 1.16 bits per heavy atom. The number of nitrogens with one attached hydrogen (secondary N) is 1. The minimum atomic E-state index is -0.567. The first-order valence-corrected chi connectivity index (χ1v) is 12.6. The Morgan fingerprint density at radius 2 is 1.92 bits per heavy atom. The van der Waals surface area contributed by atoms with E-state index in [1.165, 1.54) is 25.0 Å². The number of methoxy groups -OCH3 is 2. The monoisotopic (exact) mass is 620 g/mol. The Labute approximate surface area is 237 Å². The number of hydrogen-bond donors (Lipinski definition) is 1. The van der Waals surface area contributed by atoms with Crippen LogP contribution in [0.3, 0.4) is 0 Å². The van der Waals surface area contributed by atoms with E-state index in [4.69, 9.17) is 37.4 Å². The molecule has 0 aliphatic rings. The number of nitrogens with zero attached hydrogens (tertiary/aromatic N) is 3. The minimum Gasteiger partial charge on any atom is -0.493 e. The fraction of sp³-hybridized carbons (Fsp3) is 0.231. The molecule has 38 heavy (non-hydrogen) atoms. The third-order valence-corrected chi connectivity index (χ3v) is 6.78. The van der Waals surface area contributed by atoms with Crippen molar-refractivity contribution in [2.75, 3.05) is 14.2 Å². The molecule has 0 saturated carbocycles. The van der Waals surface area contributed by atoms with Crippen LogP contribution in [-0.2, 0) is 29.3 Å². The van der Waals surface area contributed by atoms with Gasteiger partial charge in [0.1, 0.15) is 24.8 Å². The lowest BCUT2D eigenvalue weighted by Gasteiger charge is -2.13. The number of nitriles is 1. The molecule has 2 aromatic carbocycles. The molecule has 0 atom stereocenters. The van der Waals surface area contributed by atoms with Crippen molar-refractivity contribution in [3.8, 4) is 17.6 Å². The van der Waals surface area contributed by atoms with Crippen molar-refractivity contribution in [3.63, 3.8) is 0 Å². The van der Waals surface area contributed by atoms with Gasteiger partial charge in [-0.1, -0.05) is 29.3 Å². The first-order chi connectivity index (χ1) is 18.2. The number of ether oxygens (including phenoxy) is 3. The molecule has 198 valence electrons. The third kappa shape index (κ3) is 7.14. The molecule has 1 aromatic heterocycles. The number of aromatic nitrogens is 1. The molecule has 0 saturated heterocycles. The van der Waals surface area contributed by atoms with Gasteiger partial charge in [-0.2, -0.15) is 10.4 Å². The van der Waals surface area contributed by atoms with Crippen LogP contribution in [0.2, 0.25) is 10.0 Å². The van der Waals surface area contributed by atoms with Gasteiger partial charge in [0.05, 0.1) is 30.0 Å². The largest absolute Gasteiger partial charge is 0.493 e. The normalized spacial score (nSPS) is 10.9. The number of benzene rings is 2. The van der Waals surface area contributed by atoms with Crippen molar-refractivity contribution in [3.05, 3.63) is 89.2 Å². The fourth-order valence-electron chi connectivity index (χ4n) is 3.49. The Kier molecular flexibility index (Phi) is 10.3. The summed E-state index contributed by atoms with van der Waals surface area (Å²) in [5, 5.41) is 14.2. The Morgan fingerprint density at radius 3 is 2.58 bits per heavy atom. The molecule has 0 unspecified atom stereocenters. The van der Waals surface area contributed by atoms with Gasteiger partial charge in [-0.25, -0.2) is 5.43 Å². The fourth-order valence-corrected chi connectivity index (χ4v) is 4.23. The number of amides is 1. The second-order valence-corrected chi connectivity index (χ2v) is 9.65. The summed E-state index contributed by atoms with van der Waals surface area (Å²) in [7, 11) is 2.98. The maximum absolute atomic E-state index is 12.7. The molecule has 9 nitrogen and oxygen atoms in total. The van der Waals surface area contributed by atoms with Crippen LogP contribution < -0.4 is 20.5 Å². The molecule has 0 radical (unpaired) electrons. The van der Waals surface area contributed by atoms with Gasteiger partial charge in [0.25, 0.3) is 11.5 Å². The number of pyridine rings is 1. The standard InChI is InChI=1S/C26H23BrCl2N4O5/c1-15-6-18(14-36-2)19(10-30)26(35)33(15)12-25(34)32-31-11-17-8-23(37-3)24(9-20(17)27)38-13-16-4-5-21(28)22(29)7-16/h4-9,11H,12-14H2,1-3H3,(H,32,34)/b31-11-. The van der Waals surface area contributed by atoms with Gasteiger partial charge in [0.15, 0.2) is 11.5 Å². The maximum Gasteiger partial charge on any atom is 0.269 e. The summed E-state index contributed by atoms with van der Waals surface area (Å²) in [4.78, 5) is 25.2. The smallest absolute Gasteiger partial charge is 0.269 e. The van der Waals surface area contributed by atoms with Crippen LogP contribution in [0.1, 0.15) is 27.9 Å². The molecule has 0 aliphatic carbocycles. The van der Waals surface area contributed by atoms with Crippen molar-refractivity contribution in [1.29, 1.82) is 5.26 Å². The van der Waals surface area contributed by atoms with E-state index < -0.39 is 11.5 Å². The SMILES string of the molecule is COCc1cc(C)n(CC(=O)N/N=C\c2cc(OC)c(OCc3ccc(Cl)c(Cl)c3)cc2Br)c(=O)c1C#N. The molecule has 0 bridgehead atoms. The van der Waals surface area contributed by atoms with Gasteiger partial charge >= 0.3 is 0 Å². The lowest BCUT2D eigenvalue weighted by atomic mass is 10.1. The van der Waals surface area contributed by atoms with Gasteiger partial charge in [0.2, 0.25) is 0 Å². The van der Waals surface area contributed by atoms with E-state index in [1.807, 2.05) is 12.1 Å². The number of carbonyl (C=O) groups is 1. The summed E-state index contributed by atoms with van der Waals surface area (Å²) in [6.45, 7) is 1.72. The van der Waals surface area contributed by atoms with Crippen LogP contribution in [-0.4, -0.2) is 30.9 Å². The van der Waals surface area contributed by atoms with Crippen LogP contribution in [0.25, 0.3) is 0 Å². The highest BCUT2D eigenvalue weighted by molar-refractivity contribution is 9.10. The zero-order valence-electron chi connectivity index (χ0n) is 20.7. The minimum absolute atomic E-state index is 0.0637. The van der Waals surface area contributed by atoms with Gasteiger partial charge in [-0.05, 0) is 58.7 Å². The van der Waals surface area contributed by atoms with Crippen molar-refractivity contribution in [2.45, 2.75) is 26.7 Å². The zero-order valence-corrected chi connectivity index (χ0v) is 23.8. The molecule has 1 heterocycles. The predicted octanol–water partition coefficient (Wildman–Crippen LogP) is 4.98. The molecular weight excluding hydrogens is 599 g/mol. The van der Waals surface area contributed by atoms with Gasteiger partial charge in [-0.15, -0.1) is 0 Å². The number of rotatable bonds is 10. The second kappa shape index (κ2) is 13.4. The molecule has 0 aliphatic heterocycles. The average molecular weight is 622 g/mol. The number of halogens is 3. The zero-order chi connectivity index (χ0) is 27.8. The predicted molar refractivity (Wildman–Crippen MR) is 148 cm³/mol. The number of hydrazone groups is 1. The summed E-state index contributed by atoms with van der Waals surface area (Å²) < 4.78 is 18.2. The summed E-state index contributed by atoms with van der Waals surface area (Å²) in [6.07, 6.45) is 1.42. The summed E-state index contributed by atoms with van der Waals surface area (Å²) in [5.74, 6) is 0.384. The lowest BCUT2D eigenvalue weighted by molar-refractivity contribution is -0.121. The second-order valence-electron chi connectivity index (χ2n) is 7.98. The van der Waals surface area contributed by atoms with Crippen molar-refractivity contribution in [2.24, 2.45) is 5.10 Å². The molecular formula is C26H23BrCl2N4O5. The van der Waals surface area contributed by atoms with Crippen molar-refractivity contribution < 1.29 is 19.0 Å². The average Bonchev–Trinajstić information content (AvgIpc) is 2.88. The molecule has 3 rings (SSSR count). The molecule has 1 amide bonds. The van der Waals surface area contributed by atoms with E-state index in [-0.39, 0.29) is 25.3 Å². The first-order valence-electron chi connectivity index (χ1n) is 11.1. The number of hydrogen-bond acceptors (Lipinski definition) is 7. The first kappa shape index (κ1) is 29.2. The molecule has 0 fully saturated rings. The number of aryl methyl sites for hydroxylation is 1. The van der Waals surface area contributed by atoms with E-state index >= 15 is 0 Å². The maximum atomic E-state index is 12.7. The third-order valence-electron chi connectivity index (χ3n) is 5.36. The quantitative estimate of drug-likeness (QED) is 0.252. The summed E-state index contributed by atoms with van der Waals surface area (Å²) in [5.41, 5.74) is 4.18. The summed E-state index contributed by atoms with van der Waals surface area (Å²) >= 11 is 15.5. The van der Waals surface area contributed by atoms with Crippen LogP contribution in [0.5, 0.6) is 11.5 Å². The molecule has 1 N–H and O–H groups in total. The van der Waals surface area contributed by atoms with Gasteiger partial charge in [-0.3, -0.25) is 9.59 Å². The highest BCUT2D eigenvalue weighted by Crippen LogP contribution is 2.34. The van der Waals surface area contributed by atoms with Crippen LogP contribution in [0.15, 0.2) is 50.8 Å². The highest BCUT2D eigenvalue weighted by Gasteiger charge is 2.15. The van der Waals surface area contributed by atoms with Crippen LogP contribution >= 0.6 is 39.1 Å². The van der Waals surface area contributed by atoms with E-state index in [1.54, 1.807) is 37.3 Å². The highest BCUT2D eigenvalue weighted by atomic mass is 79.9. The topological polar surface area (TPSA) is 115 Å². The van der Waals surface area contributed by atoms with E-state index in [0.29, 0.717) is 42.8 Å². The lowest BCUT2D eigenvalue weighted by Crippen LogP contribution is -2.33. The van der Waals surface area contributed by atoms with Crippen molar-refractivity contribution >= 4 is 51.3 Å². The number of carbonyl (C=O) groups excluding carboxylic acids is 1. The Hall–Kier alpha value is -3.36. The van der Waals surface area contributed by atoms with Crippen molar-refractivity contribution in [1.82, 2.24) is 9.99 Å². The molecule has 0 spiro atoms. The van der Waals surface area contributed by atoms with Gasteiger partial charge < -0.3 is 18.8 Å². The Balaban J connectivity index is 1.70. The van der Waals surface area contributed by atoms with E-state index in [0.717, 1.165) is 5.56 Å². The Bertz CT molecular complexity index is 1480. The molecule has 3 aromatic rings. The summed E-state index contributed by atoms with van der Waals surface area (Å²) in [6, 6.07) is 12.2. The van der Waals surface area contributed by atoms with Gasteiger partial charge in [0, 0.05) is 28.4 Å². The van der Waals surface area contributed by atoms with E-state index in [9.17, 15) is 14.9 Å².